The molecular weight excluding hydrogens is 350 g/mol. The molecule has 0 bridgehead atoms. The van der Waals surface area contributed by atoms with Gasteiger partial charge in [-0.05, 0) is 18.8 Å². The van der Waals surface area contributed by atoms with E-state index in [1.165, 1.54) is 6.20 Å². The molecule has 10 heteroatoms. The second-order valence-corrected chi connectivity index (χ2v) is 6.92. The molecular formula is C17H23N7O3. The van der Waals surface area contributed by atoms with Gasteiger partial charge in [-0.1, -0.05) is 5.21 Å². The maximum absolute atomic E-state index is 11.0. The molecule has 0 amide bonds. The first-order chi connectivity index (χ1) is 13.2. The van der Waals surface area contributed by atoms with Gasteiger partial charge in [-0.3, -0.25) is 4.68 Å². The Bertz CT molecular complexity index is 790. The van der Waals surface area contributed by atoms with Crippen molar-refractivity contribution in [1.82, 2.24) is 25.0 Å². The number of piperidine rings is 1. The predicted octanol–water partition coefficient (Wildman–Crippen LogP) is 0.519. The lowest BCUT2D eigenvalue weighted by atomic mass is 9.98. The molecule has 0 aliphatic carbocycles. The van der Waals surface area contributed by atoms with Crippen molar-refractivity contribution in [2.24, 2.45) is 5.92 Å². The fraction of sp³-hybridized carbons (Fsp3) is 0.588. The molecule has 2 aromatic heterocycles. The predicted molar refractivity (Wildman–Crippen MR) is 97.0 cm³/mol. The van der Waals surface area contributed by atoms with E-state index in [1.54, 1.807) is 11.0 Å². The summed E-state index contributed by atoms with van der Waals surface area (Å²) in [5.74, 6) is 1.18. The number of anilines is 2. The van der Waals surface area contributed by atoms with Crippen LogP contribution in [0.3, 0.4) is 0 Å². The Morgan fingerprint density at radius 1 is 1.19 bits per heavy atom. The number of morpholine rings is 1. The van der Waals surface area contributed by atoms with Crippen LogP contribution in [0.2, 0.25) is 0 Å². The summed E-state index contributed by atoms with van der Waals surface area (Å²) < 4.78 is 7.03. The van der Waals surface area contributed by atoms with E-state index in [-0.39, 0.29) is 5.69 Å². The second kappa shape index (κ2) is 7.87. The van der Waals surface area contributed by atoms with Gasteiger partial charge in [-0.25, -0.2) is 14.8 Å². The van der Waals surface area contributed by atoms with Gasteiger partial charge >= 0.3 is 5.97 Å². The third kappa shape index (κ3) is 4.16. The number of nitrogens with zero attached hydrogens (tertiary/aromatic N) is 7. The highest BCUT2D eigenvalue weighted by Crippen LogP contribution is 2.25. The lowest BCUT2D eigenvalue weighted by Gasteiger charge is -2.34. The van der Waals surface area contributed by atoms with Crippen LogP contribution in [-0.4, -0.2) is 75.4 Å². The van der Waals surface area contributed by atoms with E-state index in [9.17, 15) is 4.79 Å². The molecule has 2 aliphatic rings. The number of hydrogen-bond donors (Lipinski definition) is 1. The highest BCUT2D eigenvalue weighted by Gasteiger charge is 2.23. The zero-order valence-electron chi connectivity index (χ0n) is 15.1. The van der Waals surface area contributed by atoms with Crippen LogP contribution in [0.4, 0.5) is 11.6 Å². The van der Waals surface area contributed by atoms with E-state index in [2.05, 4.69) is 30.1 Å². The number of carboxylic acid groups (broad SMARTS) is 1. The summed E-state index contributed by atoms with van der Waals surface area (Å²) in [7, 11) is 0. The van der Waals surface area contributed by atoms with Crippen LogP contribution in [0.15, 0.2) is 18.6 Å². The van der Waals surface area contributed by atoms with Gasteiger partial charge in [0.15, 0.2) is 5.69 Å². The molecule has 1 atom stereocenters. The molecule has 1 unspecified atom stereocenters. The molecule has 1 N–H and O–H groups in total. The fourth-order valence-corrected chi connectivity index (χ4v) is 3.65. The fourth-order valence-electron chi connectivity index (χ4n) is 3.65. The molecule has 144 valence electrons. The molecule has 2 saturated heterocycles. The smallest absolute Gasteiger partial charge is 0.358 e. The monoisotopic (exact) mass is 373 g/mol. The van der Waals surface area contributed by atoms with Crippen LogP contribution >= 0.6 is 0 Å². The van der Waals surface area contributed by atoms with Crippen molar-refractivity contribution < 1.29 is 14.6 Å². The number of rotatable bonds is 5. The molecule has 2 aromatic rings. The number of carboxylic acids is 1. The van der Waals surface area contributed by atoms with E-state index in [0.29, 0.717) is 12.5 Å². The summed E-state index contributed by atoms with van der Waals surface area (Å²) in [6, 6.07) is 2.05. The van der Waals surface area contributed by atoms with E-state index < -0.39 is 5.97 Å². The van der Waals surface area contributed by atoms with Crippen LogP contribution in [0.5, 0.6) is 0 Å². The van der Waals surface area contributed by atoms with Crippen molar-refractivity contribution in [3.05, 3.63) is 24.3 Å². The number of ether oxygens (including phenoxy) is 1. The standard InChI is InChI=1S/C17H23N7O3/c25-17(26)14-11-24(21-20-14)10-13-2-1-3-23(9-13)16-8-15(18-12-19-16)22-4-6-27-7-5-22/h8,11-13H,1-7,9-10H2,(H,25,26). The molecule has 2 fully saturated rings. The van der Waals surface area contributed by atoms with Crippen molar-refractivity contribution in [2.75, 3.05) is 49.2 Å². The Balaban J connectivity index is 1.42. The van der Waals surface area contributed by atoms with Crippen LogP contribution in [0.1, 0.15) is 23.3 Å². The van der Waals surface area contributed by atoms with Crippen LogP contribution in [-0.2, 0) is 11.3 Å². The van der Waals surface area contributed by atoms with Crippen molar-refractivity contribution in [3.8, 4) is 0 Å². The van der Waals surface area contributed by atoms with Gasteiger partial charge in [0.25, 0.3) is 0 Å². The third-order valence-corrected chi connectivity index (χ3v) is 5.02. The summed E-state index contributed by atoms with van der Waals surface area (Å²) in [4.78, 5) is 24.3. The molecule has 0 spiro atoms. The van der Waals surface area contributed by atoms with Crippen molar-refractivity contribution in [2.45, 2.75) is 19.4 Å². The van der Waals surface area contributed by atoms with Crippen LogP contribution in [0.25, 0.3) is 0 Å². The molecule has 10 nitrogen and oxygen atoms in total. The molecule has 0 saturated carbocycles. The lowest BCUT2D eigenvalue weighted by molar-refractivity contribution is 0.0690. The minimum absolute atomic E-state index is 0.0198. The summed E-state index contributed by atoms with van der Waals surface area (Å²) >= 11 is 0. The first-order valence-electron chi connectivity index (χ1n) is 9.22. The van der Waals surface area contributed by atoms with E-state index in [1.807, 2.05) is 6.07 Å². The molecule has 0 aromatic carbocycles. The summed E-state index contributed by atoms with van der Waals surface area (Å²) in [6.45, 7) is 5.59. The normalized spacial score (nSPS) is 20.7. The minimum Gasteiger partial charge on any atom is -0.476 e. The van der Waals surface area contributed by atoms with Crippen molar-refractivity contribution in [1.29, 1.82) is 0 Å². The Labute approximate surface area is 156 Å². The lowest BCUT2D eigenvalue weighted by Crippen LogP contribution is -2.39. The van der Waals surface area contributed by atoms with Crippen molar-refractivity contribution in [3.63, 3.8) is 0 Å². The van der Waals surface area contributed by atoms with Gasteiger partial charge in [0.2, 0.25) is 0 Å². The van der Waals surface area contributed by atoms with Gasteiger partial charge in [0.05, 0.1) is 19.4 Å². The Morgan fingerprint density at radius 2 is 1.96 bits per heavy atom. The van der Waals surface area contributed by atoms with Crippen LogP contribution < -0.4 is 9.80 Å². The van der Waals surface area contributed by atoms with Gasteiger partial charge in [0, 0.05) is 38.8 Å². The molecule has 27 heavy (non-hydrogen) atoms. The maximum atomic E-state index is 11.0. The highest BCUT2D eigenvalue weighted by atomic mass is 16.5. The Kier molecular flexibility index (Phi) is 5.14. The maximum Gasteiger partial charge on any atom is 0.358 e. The zero-order chi connectivity index (χ0) is 18.6. The van der Waals surface area contributed by atoms with Crippen molar-refractivity contribution >= 4 is 17.6 Å². The molecule has 0 radical (unpaired) electrons. The number of carbonyl (C=O) groups is 1. The number of aromatic nitrogens is 5. The molecule has 4 heterocycles. The van der Waals surface area contributed by atoms with E-state index in [0.717, 1.165) is 63.9 Å². The summed E-state index contributed by atoms with van der Waals surface area (Å²) in [5, 5.41) is 16.6. The Morgan fingerprint density at radius 3 is 2.70 bits per heavy atom. The SMILES string of the molecule is O=C(O)c1cn(CC2CCCN(c3cc(N4CCOCC4)ncn3)C2)nn1. The second-order valence-electron chi connectivity index (χ2n) is 6.92. The quantitative estimate of drug-likeness (QED) is 0.802. The summed E-state index contributed by atoms with van der Waals surface area (Å²) in [6.07, 6.45) is 5.24. The molecule has 2 aliphatic heterocycles. The van der Waals surface area contributed by atoms with E-state index in [4.69, 9.17) is 9.84 Å². The number of aromatic carboxylic acids is 1. The first kappa shape index (κ1) is 17.7. The molecule has 4 rings (SSSR count). The highest BCUT2D eigenvalue weighted by molar-refractivity contribution is 5.84. The average molecular weight is 373 g/mol. The van der Waals surface area contributed by atoms with Crippen LogP contribution in [0, 0.1) is 5.92 Å². The van der Waals surface area contributed by atoms with E-state index >= 15 is 0 Å². The van der Waals surface area contributed by atoms with Gasteiger partial charge in [-0.15, -0.1) is 5.10 Å². The van der Waals surface area contributed by atoms with Gasteiger partial charge < -0.3 is 19.6 Å². The summed E-state index contributed by atoms with van der Waals surface area (Å²) in [5.41, 5.74) is -0.0198. The average Bonchev–Trinajstić information content (AvgIpc) is 3.18. The minimum atomic E-state index is -1.05. The van der Waals surface area contributed by atoms with Gasteiger partial charge in [0.1, 0.15) is 18.0 Å². The van der Waals surface area contributed by atoms with Gasteiger partial charge in [-0.2, -0.15) is 0 Å². The first-order valence-corrected chi connectivity index (χ1v) is 9.22. The largest absolute Gasteiger partial charge is 0.476 e. The number of hydrogen-bond acceptors (Lipinski definition) is 8. The topological polar surface area (TPSA) is 110 Å². The Hall–Kier alpha value is -2.75. The zero-order valence-corrected chi connectivity index (χ0v) is 15.1. The third-order valence-electron chi connectivity index (χ3n) is 5.02.